The molecule has 0 spiro atoms. The van der Waals surface area contributed by atoms with E-state index < -0.39 is 0 Å². The fraction of sp³-hybridized carbons (Fsp3) is 0.375. The Balaban J connectivity index is 2.12. The molecule has 2 rings (SSSR count). The monoisotopic (exact) mass is 274 g/mol. The molecule has 0 unspecified atom stereocenters. The first-order chi connectivity index (χ1) is 9.63. The van der Waals surface area contributed by atoms with Crippen LogP contribution in [-0.4, -0.2) is 21.2 Å². The molecule has 20 heavy (non-hydrogen) atoms. The lowest BCUT2D eigenvalue weighted by molar-refractivity contribution is 0.415. The van der Waals surface area contributed by atoms with Gasteiger partial charge in [-0.3, -0.25) is 0 Å². The van der Waals surface area contributed by atoms with E-state index in [9.17, 15) is 0 Å². The summed E-state index contributed by atoms with van der Waals surface area (Å²) in [6.07, 6.45) is 0. The van der Waals surface area contributed by atoms with E-state index in [0.29, 0.717) is 0 Å². The molecule has 108 valence electrons. The number of methoxy groups -OCH3 is 1. The van der Waals surface area contributed by atoms with Crippen molar-refractivity contribution in [1.29, 1.82) is 0 Å². The van der Waals surface area contributed by atoms with Crippen LogP contribution in [0, 0.1) is 6.92 Å². The number of aryl methyl sites for hydroxylation is 1. The predicted octanol–water partition coefficient (Wildman–Crippen LogP) is 2.95. The number of ether oxygens (including phenoxy) is 1. The van der Waals surface area contributed by atoms with Crippen LogP contribution >= 0.6 is 0 Å². The van der Waals surface area contributed by atoms with Gasteiger partial charge in [0, 0.05) is 30.9 Å². The average molecular weight is 274 g/mol. The molecule has 1 heterocycles. The molecule has 2 aromatic rings. The molecule has 4 nitrogen and oxygen atoms in total. The Labute approximate surface area is 120 Å². The number of benzene rings is 1. The minimum atomic E-state index is 0.754. The van der Waals surface area contributed by atoms with Crippen LogP contribution in [0.15, 0.2) is 34.7 Å². The van der Waals surface area contributed by atoms with Crippen LogP contribution in [0.2, 0.25) is 0 Å². The molecule has 4 heteroatoms. The zero-order chi connectivity index (χ0) is 14.5. The van der Waals surface area contributed by atoms with E-state index >= 15 is 0 Å². The van der Waals surface area contributed by atoms with Crippen LogP contribution in [0.1, 0.15) is 17.1 Å². The van der Waals surface area contributed by atoms with Gasteiger partial charge in [-0.2, -0.15) is 0 Å². The number of hydrogen-bond acceptors (Lipinski definition) is 4. The summed E-state index contributed by atoms with van der Waals surface area (Å²) in [4.78, 5) is 2.18. The fourth-order valence-electron chi connectivity index (χ4n) is 2.20. The lowest BCUT2D eigenvalue weighted by Crippen LogP contribution is -2.16. The standard InChI is InChI=1S/C16H22N2O2/c1-12-13(8-16(20-12)10-17-2)11-18(3)14-6-5-7-15(9-14)19-4/h5-9,17H,10-11H2,1-4H3. The first kappa shape index (κ1) is 14.5. The molecule has 0 aliphatic heterocycles. The number of hydrogen-bond donors (Lipinski definition) is 1. The molecule has 0 saturated heterocycles. The van der Waals surface area contributed by atoms with Crippen molar-refractivity contribution in [1.82, 2.24) is 5.32 Å². The van der Waals surface area contributed by atoms with E-state index in [1.165, 1.54) is 5.56 Å². The van der Waals surface area contributed by atoms with Gasteiger partial charge in [0.25, 0.3) is 0 Å². The van der Waals surface area contributed by atoms with Gasteiger partial charge < -0.3 is 19.4 Å². The molecular weight excluding hydrogens is 252 g/mol. The van der Waals surface area contributed by atoms with Gasteiger partial charge in [-0.1, -0.05) is 6.07 Å². The number of anilines is 1. The summed E-state index contributed by atoms with van der Waals surface area (Å²) in [6, 6.07) is 10.2. The van der Waals surface area contributed by atoms with Crippen LogP contribution in [-0.2, 0) is 13.1 Å². The SMILES string of the molecule is CNCc1cc(CN(C)c2cccc(OC)c2)c(C)o1. The molecule has 0 atom stereocenters. The largest absolute Gasteiger partial charge is 0.497 e. The number of nitrogens with zero attached hydrogens (tertiary/aromatic N) is 1. The average Bonchev–Trinajstić information content (AvgIpc) is 2.79. The van der Waals surface area contributed by atoms with E-state index in [1.54, 1.807) is 7.11 Å². The first-order valence-electron chi connectivity index (χ1n) is 6.72. The second kappa shape index (κ2) is 6.48. The molecule has 1 aromatic carbocycles. The summed E-state index contributed by atoms with van der Waals surface area (Å²) in [5.74, 6) is 2.82. The van der Waals surface area contributed by atoms with Gasteiger partial charge >= 0.3 is 0 Å². The van der Waals surface area contributed by atoms with Crippen molar-refractivity contribution in [3.63, 3.8) is 0 Å². The highest BCUT2D eigenvalue weighted by atomic mass is 16.5. The molecule has 0 saturated carbocycles. The Morgan fingerprint density at radius 1 is 1.30 bits per heavy atom. The molecule has 1 aromatic heterocycles. The highest BCUT2D eigenvalue weighted by molar-refractivity contribution is 5.50. The molecule has 1 N–H and O–H groups in total. The zero-order valence-corrected chi connectivity index (χ0v) is 12.6. The van der Waals surface area contributed by atoms with Crippen LogP contribution in [0.3, 0.4) is 0 Å². The van der Waals surface area contributed by atoms with Crippen LogP contribution < -0.4 is 15.0 Å². The van der Waals surface area contributed by atoms with E-state index in [1.807, 2.05) is 32.2 Å². The van der Waals surface area contributed by atoms with Crippen LogP contribution in [0.5, 0.6) is 5.75 Å². The molecule has 0 aliphatic carbocycles. The molecule has 0 amide bonds. The van der Waals surface area contributed by atoms with E-state index in [0.717, 1.165) is 36.0 Å². The predicted molar refractivity (Wildman–Crippen MR) is 81.3 cm³/mol. The Kier molecular flexibility index (Phi) is 4.69. The van der Waals surface area contributed by atoms with Gasteiger partial charge in [0.2, 0.25) is 0 Å². The number of nitrogens with one attached hydrogen (secondary N) is 1. The van der Waals surface area contributed by atoms with Crippen molar-refractivity contribution in [2.45, 2.75) is 20.0 Å². The topological polar surface area (TPSA) is 37.6 Å². The summed E-state index contributed by atoms with van der Waals surface area (Å²) >= 11 is 0. The van der Waals surface area contributed by atoms with Crippen molar-refractivity contribution in [2.24, 2.45) is 0 Å². The summed E-state index contributed by atoms with van der Waals surface area (Å²) in [6.45, 7) is 3.57. The highest BCUT2D eigenvalue weighted by Crippen LogP contribution is 2.23. The second-order valence-corrected chi connectivity index (χ2v) is 4.88. The second-order valence-electron chi connectivity index (χ2n) is 4.88. The molecule has 0 radical (unpaired) electrons. The Morgan fingerprint density at radius 2 is 2.10 bits per heavy atom. The van der Waals surface area contributed by atoms with Gasteiger partial charge in [-0.25, -0.2) is 0 Å². The molecule has 0 fully saturated rings. The minimum Gasteiger partial charge on any atom is -0.497 e. The summed E-state index contributed by atoms with van der Waals surface area (Å²) in [5.41, 5.74) is 2.33. The summed E-state index contributed by atoms with van der Waals surface area (Å²) < 4.78 is 11.0. The maximum Gasteiger partial charge on any atom is 0.120 e. The van der Waals surface area contributed by atoms with E-state index in [2.05, 4.69) is 29.4 Å². The first-order valence-corrected chi connectivity index (χ1v) is 6.72. The fourth-order valence-corrected chi connectivity index (χ4v) is 2.20. The number of furan rings is 1. The smallest absolute Gasteiger partial charge is 0.120 e. The number of rotatable bonds is 6. The normalized spacial score (nSPS) is 10.6. The van der Waals surface area contributed by atoms with Crippen molar-refractivity contribution in [2.75, 3.05) is 26.1 Å². The minimum absolute atomic E-state index is 0.754. The van der Waals surface area contributed by atoms with E-state index in [4.69, 9.17) is 9.15 Å². The molecular formula is C16H22N2O2. The third-order valence-corrected chi connectivity index (χ3v) is 3.32. The van der Waals surface area contributed by atoms with Gasteiger partial charge in [0.15, 0.2) is 0 Å². The van der Waals surface area contributed by atoms with Crippen LogP contribution in [0.25, 0.3) is 0 Å². The third-order valence-electron chi connectivity index (χ3n) is 3.32. The van der Waals surface area contributed by atoms with E-state index in [-0.39, 0.29) is 0 Å². The van der Waals surface area contributed by atoms with Crippen molar-refractivity contribution < 1.29 is 9.15 Å². The van der Waals surface area contributed by atoms with Crippen molar-refractivity contribution in [3.8, 4) is 5.75 Å². The van der Waals surface area contributed by atoms with Gasteiger partial charge in [-0.15, -0.1) is 0 Å². The highest BCUT2D eigenvalue weighted by Gasteiger charge is 2.10. The van der Waals surface area contributed by atoms with Crippen molar-refractivity contribution in [3.05, 3.63) is 47.4 Å². The van der Waals surface area contributed by atoms with Gasteiger partial charge in [0.1, 0.15) is 17.3 Å². The Morgan fingerprint density at radius 3 is 2.80 bits per heavy atom. The maximum absolute atomic E-state index is 5.72. The van der Waals surface area contributed by atoms with Gasteiger partial charge in [0.05, 0.1) is 13.7 Å². The van der Waals surface area contributed by atoms with Gasteiger partial charge in [-0.05, 0) is 32.2 Å². The Bertz CT molecular complexity index is 563. The lowest BCUT2D eigenvalue weighted by Gasteiger charge is -2.19. The summed E-state index contributed by atoms with van der Waals surface area (Å²) in [5, 5.41) is 3.10. The summed E-state index contributed by atoms with van der Waals surface area (Å²) in [7, 11) is 5.67. The van der Waals surface area contributed by atoms with Crippen molar-refractivity contribution >= 4 is 5.69 Å². The molecule has 0 bridgehead atoms. The molecule has 0 aliphatic rings. The van der Waals surface area contributed by atoms with Crippen LogP contribution in [0.4, 0.5) is 5.69 Å². The quantitative estimate of drug-likeness (QED) is 0.879. The lowest BCUT2D eigenvalue weighted by atomic mass is 10.2. The third kappa shape index (κ3) is 3.33. The Hall–Kier alpha value is -1.94. The maximum atomic E-state index is 5.72. The zero-order valence-electron chi connectivity index (χ0n) is 12.6.